The molecule has 2 aromatic rings. The maximum Gasteiger partial charge on any atom is 0.275 e. The average Bonchev–Trinajstić information content (AvgIpc) is 2.67. The largest absolute Gasteiger partial charge is 0.505 e. The van der Waals surface area contributed by atoms with Crippen molar-refractivity contribution in [2.24, 2.45) is 0 Å². The highest BCUT2D eigenvalue weighted by Gasteiger charge is 2.17. The zero-order valence-corrected chi connectivity index (χ0v) is 16.3. The Kier molecular flexibility index (Phi) is 6.59. The molecule has 1 aliphatic rings. The number of rotatable bonds is 6. The van der Waals surface area contributed by atoms with Gasteiger partial charge < -0.3 is 15.2 Å². The van der Waals surface area contributed by atoms with Crippen LogP contribution in [0.2, 0.25) is 0 Å². The van der Waals surface area contributed by atoms with Gasteiger partial charge in [0.05, 0.1) is 18.9 Å². The van der Waals surface area contributed by atoms with E-state index >= 15 is 0 Å². The molecular formula is C18H21BrN4O4. The second-order valence-electron chi connectivity index (χ2n) is 6.17. The molecule has 2 N–H and O–H groups in total. The van der Waals surface area contributed by atoms with Crippen molar-refractivity contribution in [3.05, 3.63) is 50.9 Å². The van der Waals surface area contributed by atoms with Gasteiger partial charge in [0.25, 0.3) is 11.5 Å². The van der Waals surface area contributed by atoms with Crippen LogP contribution in [0.3, 0.4) is 0 Å². The van der Waals surface area contributed by atoms with Gasteiger partial charge in [0.1, 0.15) is 0 Å². The first-order valence-corrected chi connectivity index (χ1v) is 9.51. The number of ether oxygens (including phenoxy) is 1. The van der Waals surface area contributed by atoms with E-state index in [0.29, 0.717) is 12.2 Å². The van der Waals surface area contributed by atoms with Gasteiger partial charge in [-0.1, -0.05) is 15.9 Å². The average molecular weight is 437 g/mol. The number of nitrogens with zero attached hydrogens (tertiary/aromatic N) is 3. The van der Waals surface area contributed by atoms with Crippen molar-refractivity contribution < 1.29 is 14.6 Å². The number of hydrogen-bond acceptors (Lipinski definition) is 6. The van der Waals surface area contributed by atoms with Crippen molar-refractivity contribution in [3.8, 4) is 11.4 Å². The van der Waals surface area contributed by atoms with E-state index in [4.69, 9.17) is 4.74 Å². The summed E-state index contributed by atoms with van der Waals surface area (Å²) >= 11 is 3.33. The Balaban J connectivity index is 1.64. The minimum Gasteiger partial charge on any atom is -0.505 e. The molecular weight excluding hydrogens is 416 g/mol. The maximum absolute atomic E-state index is 12.4. The van der Waals surface area contributed by atoms with Crippen LogP contribution in [-0.2, 0) is 4.74 Å². The Hall–Kier alpha value is -2.23. The number of aromatic hydroxyl groups is 1. The molecule has 0 saturated carbocycles. The van der Waals surface area contributed by atoms with Crippen LogP contribution in [0.1, 0.15) is 16.9 Å². The van der Waals surface area contributed by atoms with Gasteiger partial charge in [-0.15, -0.1) is 0 Å². The standard InChI is InChI=1S/C18H21BrN4O4/c19-13-2-4-14(5-3-13)23-16(25)12-15(24)17(21-23)18(26)20-6-1-7-22-8-10-27-11-9-22/h2-5,12,24H,1,6-11H2,(H,20,26). The molecule has 0 aliphatic carbocycles. The van der Waals surface area contributed by atoms with Crippen molar-refractivity contribution in [1.29, 1.82) is 0 Å². The lowest BCUT2D eigenvalue weighted by molar-refractivity contribution is 0.0374. The Morgan fingerprint density at radius 3 is 2.67 bits per heavy atom. The van der Waals surface area contributed by atoms with Gasteiger partial charge in [0.15, 0.2) is 11.4 Å². The quantitative estimate of drug-likeness (QED) is 0.659. The smallest absolute Gasteiger partial charge is 0.275 e. The Labute approximate surface area is 164 Å². The third-order valence-electron chi connectivity index (χ3n) is 4.24. The number of aromatic nitrogens is 2. The highest BCUT2D eigenvalue weighted by molar-refractivity contribution is 9.10. The number of benzene rings is 1. The molecule has 1 aliphatic heterocycles. The number of halogens is 1. The number of carbonyl (C=O) groups excluding carboxylic acids is 1. The zero-order valence-electron chi connectivity index (χ0n) is 14.7. The van der Waals surface area contributed by atoms with Crippen molar-refractivity contribution in [3.63, 3.8) is 0 Å². The van der Waals surface area contributed by atoms with Gasteiger partial charge in [-0.2, -0.15) is 9.78 Å². The monoisotopic (exact) mass is 436 g/mol. The van der Waals surface area contributed by atoms with E-state index in [1.54, 1.807) is 24.3 Å². The Bertz CT molecular complexity index is 847. The summed E-state index contributed by atoms with van der Waals surface area (Å²) in [4.78, 5) is 26.8. The van der Waals surface area contributed by atoms with Crippen LogP contribution in [-0.4, -0.2) is 65.1 Å². The van der Waals surface area contributed by atoms with E-state index < -0.39 is 17.2 Å². The SMILES string of the molecule is O=C(NCCCN1CCOCC1)c1nn(-c2ccc(Br)cc2)c(=O)cc1O. The third kappa shape index (κ3) is 5.15. The van der Waals surface area contributed by atoms with Gasteiger partial charge in [0.2, 0.25) is 0 Å². The van der Waals surface area contributed by atoms with Crippen LogP contribution < -0.4 is 10.9 Å². The van der Waals surface area contributed by atoms with Gasteiger partial charge in [-0.25, -0.2) is 0 Å². The molecule has 0 unspecified atom stereocenters. The third-order valence-corrected chi connectivity index (χ3v) is 4.77. The van der Waals surface area contributed by atoms with Crippen LogP contribution in [0.4, 0.5) is 0 Å². The normalized spacial score (nSPS) is 14.9. The summed E-state index contributed by atoms with van der Waals surface area (Å²) in [5.74, 6) is -0.945. The maximum atomic E-state index is 12.4. The summed E-state index contributed by atoms with van der Waals surface area (Å²) in [6.45, 7) is 4.59. The van der Waals surface area contributed by atoms with Crippen LogP contribution >= 0.6 is 15.9 Å². The van der Waals surface area contributed by atoms with E-state index in [2.05, 4.69) is 31.2 Å². The fourth-order valence-corrected chi connectivity index (χ4v) is 3.05. The van der Waals surface area contributed by atoms with Crippen molar-refractivity contribution in [2.75, 3.05) is 39.4 Å². The summed E-state index contributed by atoms with van der Waals surface area (Å²) in [5.41, 5.74) is -0.188. The highest BCUT2D eigenvalue weighted by atomic mass is 79.9. The van der Waals surface area contributed by atoms with E-state index in [0.717, 1.165) is 54.5 Å². The molecule has 9 heteroatoms. The van der Waals surface area contributed by atoms with Crippen LogP contribution in [0.5, 0.6) is 5.75 Å². The fraction of sp³-hybridized carbons (Fsp3) is 0.389. The molecule has 144 valence electrons. The van der Waals surface area contributed by atoms with Crippen LogP contribution in [0.15, 0.2) is 39.6 Å². The first kappa shape index (κ1) is 19.5. The number of morpholine rings is 1. The molecule has 1 fully saturated rings. The van der Waals surface area contributed by atoms with Crippen LogP contribution in [0.25, 0.3) is 5.69 Å². The first-order valence-electron chi connectivity index (χ1n) is 8.72. The summed E-state index contributed by atoms with van der Waals surface area (Å²) in [7, 11) is 0. The number of amides is 1. The number of hydrogen-bond donors (Lipinski definition) is 2. The zero-order chi connectivity index (χ0) is 19.2. The molecule has 0 radical (unpaired) electrons. The molecule has 0 atom stereocenters. The van der Waals surface area contributed by atoms with Crippen molar-refractivity contribution in [1.82, 2.24) is 20.0 Å². The topological polar surface area (TPSA) is 96.7 Å². The summed E-state index contributed by atoms with van der Waals surface area (Å²) in [5, 5.41) is 16.8. The molecule has 1 aromatic carbocycles. The Morgan fingerprint density at radius 2 is 1.96 bits per heavy atom. The Morgan fingerprint density at radius 1 is 1.26 bits per heavy atom. The molecule has 1 amide bonds. The molecule has 27 heavy (non-hydrogen) atoms. The molecule has 0 spiro atoms. The minimum atomic E-state index is -0.515. The van der Waals surface area contributed by atoms with Gasteiger partial charge in [0, 0.05) is 30.2 Å². The van der Waals surface area contributed by atoms with Gasteiger partial charge in [-0.3, -0.25) is 14.5 Å². The fourth-order valence-electron chi connectivity index (χ4n) is 2.79. The van der Waals surface area contributed by atoms with E-state index in [1.807, 2.05) is 0 Å². The molecule has 3 rings (SSSR count). The number of nitrogens with one attached hydrogen (secondary N) is 1. The summed E-state index contributed by atoms with van der Waals surface area (Å²) < 4.78 is 7.25. The van der Waals surface area contributed by atoms with Gasteiger partial charge in [-0.05, 0) is 37.2 Å². The molecule has 0 bridgehead atoms. The van der Waals surface area contributed by atoms with E-state index in [1.165, 1.54) is 0 Å². The lowest BCUT2D eigenvalue weighted by atomic mass is 10.3. The molecule has 1 saturated heterocycles. The molecule has 2 heterocycles. The highest BCUT2D eigenvalue weighted by Crippen LogP contribution is 2.15. The van der Waals surface area contributed by atoms with Crippen LogP contribution in [0, 0.1) is 0 Å². The predicted octanol–water partition coefficient (Wildman–Crippen LogP) is 1.15. The lowest BCUT2D eigenvalue weighted by Crippen LogP contribution is -2.38. The lowest BCUT2D eigenvalue weighted by Gasteiger charge is -2.26. The second-order valence-corrected chi connectivity index (χ2v) is 7.08. The van der Waals surface area contributed by atoms with Crippen molar-refractivity contribution in [2.45, 2.75) is 6.42 Å². The van der Waals surface area contributed by atoms with Gasteiger partial charge >= 0.3 is 0 Å². The number of carbonyl (C=O) groups is 1. The van der Waals surface area contributed by atoms with E-state index in [-0.39, 0.29) is 5.69 Å². The summed E-state index contributed by atoms with van der Waals surface area (Å²) in [6, 6.07) is 7.92. The molecule has 1 aromatic heterocycles. The first-order chi connectivity index (χ1) is 13.0. The second kappa shape index (κ2) is 9.12. The summed E-state index contributed by atoms with van der Waals surface area (Å²) in [6.07, 6.45) is 0.777. The molecule has 8 nitrogen and oxygen atoms in total. The predicted molar refractivity (Wildman–Crippen MR) is 103 cm³/mol. The van der Waals surface area contributed by atoms with E-state index in [9.17, 15) is 14.7 Å². The van der Waals surface area contributed by atoms with Crippen molar-refractivity contribution >= 4 is 21.8 Å². The minimum absolute atomic E-state index is 0.177.